The van der Waals surface area contributed by atoms with E-state index < -0.39 is 0 Å². The fourth-order valence-electron chi connectivity index (χ4n) is 1.79. The molecule has 0 spiro atoms. The summed E-state index contributed by atoms with van der Waals surface area (Å²) in [5, 5.41) is 13.3. The van der Waals surface area contributed by atoms with E-state index in [1.165, 1.54) is 0 Å². The molecule has 96 valence electrons. The lowest BCUT2D eigenvalue weighted by Gasteiger charge is -2.35. The van der Waals surface area contributed by atoms with Crippen LogP contribution in [-0.4, -0.2) is 60.5 Å². The Bertz CT molecular complexity index is 204. The van der Waals surface area contributed by atoms with Gasteiger partial charge in [0.05, 0.1) is 19.3 Å². The summed E-state index contributed by atoms with van der Waals surface area (Å²) in [4.78, 5) is 2.29. The molecule has 0 radical (unpaired) electrons. The minimum absolute atomic E-state index is 0.0671. The van der Waals surface area contributed by atoms with Crippen LogP contribution in [0.3, 0.4) is 0 Å². The highest BCUT2D eigenvalue weighted by Gasteiger charge is 2.21. The van der Waals surface area contributed by atoms with Crippen molar-refractivity contribution in [3.05, 3.63) is 0 Å². The van der Waals surface area contributed by atoms with Crippen LogP contribution in [0.2, 0.25) is 0 Å². The Morgan fingerprint density at radius 3 is 2.75 bits per heavy atom. The van der Waals surface area contributed by atoms with Gasteiger partial charge in [-0.15, -0.1) is 0 Å². The number of aliphatic hydroxyl groups is 1. The summed E-state index contributed by atoms with van der Waals surface area (Å²) in [6.45, 7) is 12.3. The molecule has 1 heterocycles. The van der Waals surface area contributed by atoms with E-state index in [9.17, 15) is 5.11 Å². The molecule has 4 heteroatoms. The summed E-state index contributed by atoms with van der Waals surface area (Å²) in [7, 11) is 0. The molecule has 1 aliphatic heterocycles. The second-order valence-electron chi connectivity index (χ2n) is 5.70. The van der Waals surface area contributed by atoms with Crippen molar-refractivity contribution in [2.75, 3.05) is 32.8 Å². The van der Waals surface area contributed by atoms with Crippen LogP contribution in [0, 0.1) is 0 Å². The molecule has 1 aliphatic rings. The molecular formula is C12H26N2O2. The van der Waals surface area contributed by atoms with Crippen molar-refractivity contribution < 1.29 is 9.84 Å². The van der Waals surface area contributed by atoms with Crippen LogP contribution >= 0.6 is 0 Å². The zero-order valence-electron chi connectivity index (χ0n) is 11.0. The maximum absolute atomic E-state index is 9.94. The number of nitrogens with one attached hydrogen (secondary N) is 1. The molecule has 1 saturated heterocycles. The zero-order valence-corrected chi connectivity index (χ0v) is 11.0. The van der Waals surface area contributed by atoms with Gasteiger partial charge >= 0.3 is 0 Å². The highest BCUT2D eigenvalue weighted by Crippen LogP contribution is 2.07. The third-order valence-electron chi connectivity index (χ3n) is 2.82. The fourth-order valence-corrected chi connectivity index (χ4v) is 1.79. The normalized spacial score (nSPS) is 25.7. The summed E-state index contributed by atoms with van der Waals surface area (Å²) in [6, 6.07) is 0.415. The van der Waals surface area contributed by atoms with Gasteiger partial charge in [0, 0.05) is 31.2 Å². The van der Waals surface area contributed by atoms with Crippen molar-refractivity contribution in [3.63, 3.8) is 0 Å². The lowest BCUT2D eigenvalue weighted by Crippen LogP contribution is -2.50. The van der Waals surface area contributed by atoms with Crippen LogP contribution in [0.5, 0.6) is 0 Å². The van der Waals surface area contributed by atoms with Gasteiger partial charge in [-0.25, -0.2) is 0 Å². The van der Waals surface area contributed by atoms with Crippen molar-refractivity contribution in [1.29, 1.82) is 0 Å². The van der Waals surface area contributed by atoms with E-state index >= 15 is 0 Å². The van der Waals surface area contributed by atoms with E-state index in [0.29, 0.717) is 12.6 Å². The highest BCUT2D eigenvalue weighted by atomic mass is 16.5. The van der Waals surface area contributed by atoms with E-state index in [0.717, 1.165) is 26.3 Å². The molecule has 4 nitrogen and oxygen atoms in total. The summed E-state index contributed by atoms with van der Waals surface area (Å²) in [5.41, 5.74) is 0.0671. The SMILES string of the molecule is CC1COCCN1CC(O)CNC(C)(C)C. The van der Waals surface area contributed by atoms with Gasteiger partial charge in [0.1, 0.15) is 0 Å². The molecule has 0 aliphatic carbocycles. The van der Waals surface area contributed by atoms with Gasteiger partial charge in [-0.3, -0.25) is 4.90 Å². The molecule has 2 atom stereocenters. The molecule has 0 aromatic heterocycles. The lowest BCUT2D eigenvalue weighted by atomic mass is 10.1. The van der Waals surface area contributed by atoms with Crippen LogP contribution in [0.15, 0.2) is 0 Å². The van der Waals surface area contributed by atoms with E-state index in [2.05, 4.69) is 37.9 Å². The maximum atomic E-state index is 9.94. The van der Waals surface area contributed by atoms with E-state index in [1.807, 2.05) is 0 Å². The standard InChI is InChI=1S/C12H26N2O2/c1-10-9-16-6-5-14(10)8-11(15)7-13-12(2,3)4/h10-11,13,15H,5-9H2,1-4H3. The monoisotopic (exact) mass is 230 g/mol. The predicted octanol–water partition coefficient (Wildman–Crippen LogP) is 0.456. The van der Waals surface area contributed by atoms with E-state index in [1.54, 1.807) is 0 Å². The van der Waals surface area contributed by atoms with Crippen molar-refractivity contribution >= 4 is 0 Å². The van der Waals surface area contributed by atoms with Crippen LogP contribution in [0.4, 0.5) is 0 Å². The smallest absolute Gasteiger partial charge is 0.0791 e. The third-order valence-corrected chi connectivity index (χ3v) is 2.82. The second-order valence-corrected chi connectivity index (χ2v) is 5.70. The van der Waals surface area contributed by atoms with Gasteiger partial charge in [0.15, 0.2) is 0 Å². The molecule has 0 amide bonds. The van der Waals surface area contributed by atoms with Crippen LogP contribution in [0.25, 0.3) is 0 Å². The van der Waals surface area contributed by atoms with Crippen LogP contribution in [-0.2, 0) is 4.74 Å². The minimum Gasteiger partial charge on any atom is -0.390 e. The molecule has 0 aromatic carbocycles. The van der Waals surface area contributed by atoms with E-state index in [4.69, 9.17) is 4.74 Å². The Kier molecular flexibility index (Phi) is 5.18. The van der Waals surface area contributed by atoms with Crippen LogP contribution < -0.4 is 5.32 Å². The quantitative estimate of drug-likeness (QED) is 0.736. The molecule has 1 fully saturated rings. The molecule has 2 N–H and O–H groups in total. The van der Waals surface area contributed by atoms with Gasteiger partial charge in [-0.2, -0.15) is 0 Å². The Labute approximate surface area is 99.0 Å². The summed E-state index contributed by atoms with van der Waals surface area (Å²) in [6.07, 6.45) is -0.306. The number of β-amino-alcohol motifs (C(OH)–C–C–N with tert-alkyl or cyclic N) is 1. The van der Waals surface area contributed by atoms with Gasteiger partial charge in [0.25, 0.3) is 0 Å². The molecule has 0 saturated carbocycles. The molecule has 1 rings (SSSR count). The molecule has 0 bridgehead atoms. The van der Waals surface area contributed by atoms with Gasteiger partial charge in [-0.1, -0.05) is 0 Å². The predicted molar refractivity (Wildman–Crippen MR) is 65.6 cm³/mol. The highest BCUT2D eigenvalue weighted by molar-refractivity contribution is 4.78. The van der Waals surface area contributed by atoms with Crippen molar-refractivity contribution in [3.8, 4) is 0 Å². The Hall–Kier alpha value is -0.160. The second kappa shape index (κ2) is 5.96. The van der Waals surface area contributed by atoms with E-state index in [-0.39, 0.29) is 11.6 Å². The minimum atomic E-state index is -0.306. The summed E-state index contributed by atoms with van der Waals surface area (Å²) < 4.78 is 5.37. The largest absolute Gasteiger partial charge is 0.390 e. The van der Waals surface area contributed by atoms with Crippen molar-refractivity contribution in [2.24, 2.45) is 0 Å². The number of ether oxygens (including phenoxy) is 1. The topological polar surface area (TPSA) is 44.7 Å². The third kappa shape index (κ3) is 5.25. The maximum Gasteiger partial charge on any atom is 0.0791 e. The Morgan fingerprint density at radius 2 is 2.19 bits per heavy atom. The zero-order chi connectivity index (χ0) is 12.2. The first kappa shape index (κ1) is 13.9. The number of hydrogen-bond acceptors (Lipinski definition) is 4. The number of hydrogen-bond donors (Lipinski definition) is 2. The van der Waals surface area contributed by atoms with Gasteiger partial charge in [0.2, 0.25) is 0 Å². The van der Waals surface area contributed by atoms with Crippen molar-refractivity contribution in [2.45, 2.75) is 45.4 Å². The fraction of sp³-hybridized carbons (Fsp3) is 1.00. The summed E-state index contributed by atoms with van der Waals surface area (Å²) >= 11 is 0. The first-order valence-electron chi connectivity index (χ1n) is 6.13. The molecule has 0 aromatic rings. The molecular weight excluding hydrogens is 204 g/mol. The van der Waals surface area contributed by atoms with Crippen LogP contribution in [0.1, 0.15) is 27.7 Å². The average molecular weight is 230 g/mol. The Morgan fingerprint density at radius 1 is 1.50 bits per heavy atom. The van der Waals surface area contributed by atoms with Gasteiger partial charge in [-0.05, 0) is 27.7 Å². The summed E-state index contributed by atoms with van der Waals surface area (Å²) in [5.74, 6) is 0. The Balaban J connectivity index is 2.24. The number of rotatable bonds is 4. The average Bonchev–Trinajstić information content (AvgIpc) is 2.18. The first-order chi connectivity index (χ1) is 7.38. The lowest BCUT2D eigenvalue weighted by molar-refractivity contribution is -0.0202. The first-order valence-corrected chi connectivity index (χ1v) is 6.13. The molecule has 2 unspecified atom stereocenters. The number of aliphatic hydroxyl groups excluding tert-OH is 1. The molecule has 16 heavy (non-hydrogen) atoms. The number of nitrogens with zero attached hydrogens (tertiary/aromatic N) is 1. The van der Waals surface area contributed by atoms with Crippen molar-refractivity contribution in [1.82, 2.24) is 10.2 Å². The van der Waals surface area contributed by atoms with Gasteiger partial charge < -0.3 is 15.2 Å². The number of morpholine rings is 1.